The van der Waals surface area contributed by atoms with E-state index >= 15 is 0 Å². The molecule has 10 N–H and O–H groups in total. The molecule has 4 unspecified atom stereocenters. The quantitative estimate of drug-likeness (QED) is 0.117. The molecule has 14 heteroatoms. The summed E-state index contributed by atoms with van der Waals surface area (Å²) in [5, 5.41) is 23.1. The molecular formula is C20H34N6O8. The number of carbonyl (C=O) groups is 6. The number of hydrogen-bond acceptors (Lipinski definition) is 8. The summed E-state index contributed by atoms with van der Waals surface area (Å²) in [6, 6.07) is -4.84. The first-order valence-corrected chi connectivity index (χ1v) is 11.1. The number of nitrogens with two attached hydrogens (primary N) is 3. The third-order valence-corrected chi connectivity index (χ3v) is 5.43. The summed E-state index contributed by atoms with van der Waals surface area (Å²) in [5.41, 5.74) is 16.2. The van der Waals surface area contributed by atoms with Crippen LogP contribution in [0.25, 0.3) is 0 Å². The number of aliphatic carboxylic acids is 2. The average molecular weight is 487 g/mol. The van der Waals surface area contributed by atoms with Gasteiger partial charge in [0, 0.05) is 13.0 Å². The smallest absolute Gasteiger partial charge is 0.326 e. The van der Waals surface area contributed by atoms with Gasteiger partial charge in [-0.1, -0.05) is 0 Å². The predicted molar refractivity (Wildman–Crippen MR) is 118 cm³/mol. The van der Waals surface area contributed by atoms with Gasteiger partial charge in [0.1, 0.15) is 18.1 Å². The van der Waals surface area contributed by atoms with Crippen LogP contribution < -0.4 is 27.8 Å². The summed E-state index contributed by atoms with van der Waals surface area (Å²) in [4.78, 5) is 73.0. The number of nitrogens with one attached hydrogen (secondary N) is 2. The van der Waals surface area contributed by atoms with Crippen LogP contribution in [0.2, 0.25) is 0 Å². The van der Waals surface area contributed by atoms with Gasteiger partial charge >= 0.3 is 11.9 Å². The van der Waals surface area contributed by atoms with E-state index in [1.807, 2.05) is 0 Å². The third-order valence-electron chi connectivity index (χ3n) is 5.43. The third kappa shape index (κ3) is 9.31. The summed E-state index contributed by atoms with van der Waals surface area (Å²) in [7, 11) is 0. The molecule has 0 aromatic carbocycles. The topological polar surface area (TPSA) is 248 Å². The molecule has 0 spiro atoms. The summed E-state index contributed by atoms with van der Waals surface area (Å²) < 4.78 is 0. The van der Waals surface area contributed by atoms with Crippen molar-refractivity contribution < 1.29 is 39.0 Å². The predicted octanol–water partition coefficient (Wildman–Crippen LogP) is -2.77. The number of carboxylic acid groups (broad SMARTS) is 2. The van der Waals surface area contributed by atoms with Crippen molar-refractivity contribution >= 4 is 35.6 Å². The van der Waals surface area contributed by atoms with Crippen molar-refractivity contribution in [2.45, 2.75) is 75.5 Å². The summed E-state index contributed by atoms with van der Waals surface area (Å²) >= 11 is 0. The largest absolute Gasteiger partial charge is 0.481 e. The van der Waals surface area contributed by atoms with Gasteiger partial charge in [-0.3, -0.25) is 24.0 Å². The summed E-state index contributed by atoms with van der Waals surface area (Å²) in [6.07, 6.45) is 0.798. The van der Waals surface area contributed by atoms with E-state index in [1.165, 1.54) is 0 Å². The van der Waals surface area contributed by atoms with Crippen LogP contribution in [0, 0.1) is 0 Å². The van der Waals surface area contributed by atoms with Crippen LogP contribution in [-0.2, 0) is 28.8 Å². The number of likely N-dealkylation sites (tertiary alicyclic amines) is 1. The maximum Gasteiger partial charge on any atom is 0.326 e. The molecule has 192 valence electrons. The Labute approximate surface area is 196 Å². The van der Waals surface area contributed by atoms with Gasteiger partial charge < -0.3 is 42.9 Å². The second-order valence-electron chi connectivity index (χ2n) is 8.14. The lowest BCUT2D eigenvalue weighted by molar-refractivity contribution is -0.149. The molecule has 4 atom stereocenters. The van der Waals surface area contributed by atoms with Gasteiger partial charge in [0.25, 0.3) is 0 Å². The lowest BCUT2D eigenvalue weighted by atomic mass is 10.0. The van der Waals surface area contributed by atoms with E-state index in [0.29, 0.717) is 25.8 Å². The van der Waals surface area contributed by atoms with E-state index in [9.17, 15) is 33.9 Å². The van der Waals surface area contributed by atoms with Gasteiger partial charge in [-0.05, 0) is 45.1 Å². The highest BCUT2D eigenvalue weighted by Crippen LogP contribution is 2.19. The van der Waals surface area contributed by atoms with Crippen molar-refractivity contribution in [3.8, 4) is 0 Å². The van der Waals surface area contributed by atoms with Crippen molar-refractivity contribution in [2.24, 2.45) is 17.2 Å². The van der Waals surface area contributed by atoms with Crippen LogP contribution in [0.15, 0.2) is 0 Å². The maximum atomic E-state index is 13.0. The second kappa shape index (κ2) is 14.1. The lowest BCUT2D eigenvalue weighted by Crippen LogP contribution is -2.57. The van der Waals surface area contributed by atoms with Crippen molar-refractivity contribution in [3.63, 3.8) is 0 Å². The Kier molecular flexibility index (Phi) is 11.9. The number of carboxylic acids is 2. The lowest BCUT2D eigenvalue weighted by Gasteiger charge is -2.29. The Bertz CT molecular complexity index is 776. The van der Waals surface area contributed by atoms with E-state index < -0.39 is 66.2 Å². The minimum absolute atomic E-state index is 0.132. The maximum absolute atomic E-state index is 13.0. The number of nitrogens with zero attached hydrogens (tertiary/aromatic N) is 1. The van der Waals surface area contributed by atoms with E-state index in [0.717, 1.165) is 4.90 Å². The fourth-order valence-electron chi connectivity index (χ4n) is 3.62. The zero-order valence-corrected chi connectivity index (χ0v) is 18.9. The fraction of sp³-hybridized carbons (Fsp3) is 0.700. The van der Waals surface area contributed by atoms with Crippen LogP contribution in [-0.4, -0.2) is 87.9 Å². The van der Waals surface area contributed by atoms with E-state index in [2.05, 4.69) is 10.6 Å². The summed E-state index contributed by atoms with van der Waals surface area (Å²) in [6.45, 7) is 0.519. The van der Waals surface area contributed by atoms with E-state index in [-0.39, 0.29) is 32.2 Å². The van der Waals surface area contributed by atoms with Crippen molar-refractivity contribution in [3.05, 3.63) is 0 Å². The van der Waals surface area contributed by atoms with Gasteiger partial charge in [0.15, 0.2) is 0 Å². The molecule has 0 bridgehead atoms. The first-order valence-electron chi connectivity index (χ1n) is 11.1. The Morgan fingerprint density at radius 1 is 0.971 bits per heavy atom. The molecule has 0 aromatic rings. The molecular weight excluding hydrogens is 452 g/mol. The highest BCUT2D eigenvalue weighted by Gasteiger charge is 2.38. The molecule has 34 heavy (non-hydrogen) atoms. The van der Waals surface area contributed by atoms with Gasteiger partial charge in [-0.15, -0.1) is 0 Å². The standard InChI is InChI=1S/C20H34N6O8/c21-8-2-1-4-12(24-17(30)11(22)10-16(28)29)18(31)25-13(6-7-15(23)27)19(32)26-9-3-5-14(26)20(33)34/h11-14H,1-10,21-22H2,(H2,23,27)(H,24,30)(H,25,31)(H,28,29)(H,33,34). The van der Waals surface area contributed by atoms with Crippen molar-refractivity contribution in [1.29, 1.82) is 0 Å². The molecule has 4 amide bonds. The molecule has 0 radical (unpaired) electrons. The molecule has 0 aliphatic carbocycles. The first-order chi connectivity index (χ1) is 16.0. The number of hydrogen-bond donors (Lipinski definition) is 7. The number of rotatable bonds is 15. The first kappa shape index (κ1) is 28.8. The zero-order valence-electron chi connectivity index (χ0n) is 18.9. The molecule has 1 aliphatic rings. The number of amides is 4. The van der Waals surface area contributed by atoms with Gasteiger partial charge in [-0.25, -0.2) is 4.79 Å². The van der Waals surface area contributed by atoms with Crippen LogP contribution in [0.1, 0.15) is 51.4 Å². The van der Waals surface area contributed by atoms with Crippen molar-refractivity contribution in [1.82, 2.24) is 15.5 Å². The van der Waals surface area contributed by atoms with Crippen LogP contribution in [0.5, 0.6) is 0 Å². The Morgan fingerprint density at radius 3 is 2.18 bits per heavy atom. The number of unbranched alkanes of at least 4 members (excludes halogenated alkanes) is 1. The fourth-order valence-corrected chi connectivity index (χ4v) is 3.62. The molecule has 1 aliphatic heterocycles. The number of primary amides is 1. The molecule has 0 aromatic heterocycles. The SMILES string of the molecule is NCCCCC(NC(=O)C(N)CC(=O)O)C(=O)NC(CCC(N)=O)C(=O)N1CCCC1C(=O)O. The van der Waals surface area contributed by atoms with Gasteiger partial charge in [0.2, 0.25) is 23.6 Å². The molecule has 0 saturated carbocycles. The molecule has 1 saturated heterocycles. The van der Waals surface area contributed by atoms with Crippen LogP contribution in [0.3, 0.4) is 0 Å². The monoisotopic (exact) mass is 486 g/mol. The Balaban J connectivity index is 3.01. The summed E-state index contributed by atoms with van der Waals surface area (Å²) in [5.74, 6) is -5.47. The Hall–Kier alpha value is -3.26. The molecule has 1 fully saturated rings. The van der Waals surface area contributed by atoms with Gasteiger partial charge in [-0.2, -0.15) is 0 Å². The molecule has 1 heterocycles. The van der Waals surface area contributed by atoms with Crippen LogP contribution in [0.4, 0.5) is 0 Å². The average Bonchev–Trinajstić information content (AvgIpc) is 3.25. The van der Waals surface area contributed by atoms with Crippen LogP contribution >= 0.6 is 0 Å². The highest BCUT2D eigenvalue weighted by atomic mass is 16.4. The molecule has 1 rings (SSSR count). The zero-order chi connectivity index (χ0) is 25.8. The van der Waals surface area contributed by atoms with Crippen molar-refractivity contribution in [2.75, 3.05) is 13.1 Å². The minimum atomic E-state index is -1.39. The molecule has 14 nitrogen and oxygen atoms in total. The highest BCUT2D eigenvalue weighted by molar-refractivity contribution is 5.95. The van der Waals surface area contributed by atoms with Gasteiger partial charge in [0.05, 0.1) is 12.5 Å². The Morgan fingerprint density at radius 2 is 1.62 bits per heavy atom. The number of carbonyl (C=O) groups excluding carboxylic acids is 4. The minimum Gasteiger partial charge on any atom is -0.481 e. The normalized spacial score (nSPS) is 17.9. The second-order valence-corrected chi connectivity index (χ2v) is 8.14. The van der Waals surface area contributed by atoms with E-state index in [4.69, 9.17) is 22.3 Å². The van der Waals surface area contributed by atoms with E-state index in [1.54, 1.807) is 0 Å².